The Hall–Kier alpha value is -1.76. The molecule has 0 unspecified atom stereocenters. The topological polar surface area (TPSA) is 52.6 Å². The lowest BCUT2D eigenvalue weighted by atomic mass is 9.79. The lowest BCUT2D eigenvalue weighted by Crippen LogP contribution is -2.41. The van der Waals surface area contributed by atoms with Gasteiger partial charge in [-0.25, -0.2) is 0 Å². The molecule has 0 atom stereocenters. The molecule has 4 nitrogen and oxygen atoms in total. The van der Waals surface area contributed by atoms with Crippen molar-refractivity contribution in [1.29, 1.82) is 0 Å². The Balaban J connectivity index is 5.26. The molecule has 0 N–H and O–H groups in total. The fourth-order valence-corrected chi connectivity index (χ4v) is 1.91. The van der Waals surface area contributed by atoms with Gasteiger partial charge in [-0.3, -0.25) is 9.59 Å². The van der Waals surface area contributed by atoms with Gasteiger partial charge < -0.3 is 9.47 Å². The van der Waals surface area contributed by atoms with E-state index < -0.39 is 17.4 Å². The van der Waals surface area contributed by atoms with Crippen LogP contribution in [0.1, 0.15) is 46.0 Å². The first-order valence-corrected chi connectivity index (χ1v) is 6.71. The Kier molecular flexibility index (Phi) is 8.38. The number of allylic oxidation sites excluding steroid dienone is 1. The largest absolute Gasteiger partial charge is 0.468 e. The second-order valence-electron chi connectivity index (χ2n) is 4.83. The van der Waals surface area contributed by atoms with Crippen LogP contribution in [0.5, 0.6) is 0 Å². The van der Waals surface area contributed by atoms with Gasteiger partial charge >= 0.3 is 11.9 Å². The number of carbonyl (C=O) groups is 2. The van der Waals surface area contributed by atoms with E-state index in [9.17, 15) is 9.59 Å². The summed E-state index contributed by atoms with van der Waals surface area (Å²) in [6.45, 7) is 7.60. The van der Waals surface area contributed by atoms with Crippen LogP contribution >= 0.6 is 0 Å². The minimum atomic E-state index is -1.41. The molecule has 0 aliphatic rings. The Morgan fingerprint density at radius 3 is 2.10 bits per heavy atom. The molecule has 0 fully saturated rings. The third-order valence-electron chi connectivity index (χ3n) is 2.93. The molecule has 0 saturated heterocycles. The Morgan fingerprint density at radius 1 is 1.15 bits per heavy atom. The number of methoxy groups -OCH3 is 2. The second kappa shape index (κ2) is 9.19. The van der Waals surface area contributed by atoms with Crippen molar-refractivity contribution in [3.63, 3.8) is 0 Å². The number of hydrogen-bond donors (Lipinski definition) is 0. The zero-order valence-electron chi connectivity index (χ0n) is 12.9. The maximum Gasteiger partial charge on any atom is 0.324 e. The summed E-state index contributed by atoms with van der Waals surface area (Å²) in [7, 11) is 2.51. The van der Waals surface area contributed by atoms with E-state index in [0.29, 0.717) is 5.57 Å². The van der Waals surface area contributed by atoms with Gasteiger partial charge in [0.05, 0.1) is 14.2 Å². The lowest BCUT2D eigenvalue weighted by Gasteiger charge is -2.26. The summed E-state index contributed by atoms with van der Waals surface area (Å²) in [4.78, 5) is 24.1. The molecule has 112 valence electrons. The number of esters is 2. The molecule has 0 aromatic carbocycles. The smallest absolute Gasteiger partial charge is 0.324 e. The van der Waals surface area contributed by atoms with Crippen LogP contribution in [-0.4, -0.2) is 26.2 Å². The standard InChI is InChI=1S/C16H24O4/c1-6-7-8-9-10-11-16(12-13(2)3,14(17)19-4)15(18)20-5/h2,6-8,11-12H2,1,3-5H3. The highest BCUT2D eigenvalue weighted by Crippen LogP contribution is 2.32. The van der Waals surface area contributed by atoms with Gasteiger partial charge in [-0.2, -0.15) is 0 Å². The quantitative estimate of drug-likeness (QED) is 0.236. The molecule has 0 amide bonds. The van der Waals surface area contributed by atoms with E-state index >= 15 is 0 Å². The highest BCUT2D eigenvalue weighted by Gasteiger charge is 2.47. The van der Waals surface area contributed by atoms with Crippen LogP contribution in [0.3, 0.4) is 0 Å². The van der Waals surface area contributed by atoms with Crippen molar-refractivity contribution in [2.24, 2.45) is 5.41 Å². The van der Waals surface area contributed by atoms with Crippen molar-refractivity contribution in [3.05, 3.63) is 12.2 Å². The molecular formula is C16H24O4. The summed E-state index contributed by atoms with van der Waals surface area (Å²) in [5.41, 5.74) is -0.703. The average molecular weight is 280 g/mol. The van der Waals surface area contributed by atoms with Crippen molar-refractivity contribution in [3.8, 4) is 11.8 Å². The van der Waals surface area contributed by atoms with Gasteiger partial charge in [-0.05, 0) is 19.8 Å². The van der Waals surface area contributed by atoms with E-state index in [0.717, 1.165) is 19.3 Å². The number of unbranched alkanes of at least 4 members (excludes halogenated alkanes) is 2. The first-order chi connectivity index (χ1) is 9.44. The fourth-order valence-electron chi connectivity index (χ4n) is 1.91. The van der Waals surface area contributed by atoms with Gasteiger partial charge in [-0.15, -0.1) is 18.4 Å². The molecule has 0 aromatic rings. The van der Waals surface area contributed by atoms with Gasteiger partial charge in [0.25, 0.3) is 0 Å². The zero-order chi connectivity index (χ0) is 15.6. The molecule has 0 heterocycles. The van der Waals surface area contributed by atoms with Crippen LogP contribution < -0.4 is 0 Å². The Bertz CT molecular complexity index is 396. The number of hydrogen-bond acceptors (Lipinski definition) is 4. The van der Waals surface area contributed by atoms with Crippen LogP contribution in [0.25, 0.3) is 0 Å². The molecule has 0 radical (unpaired) electrons. The van der Waals surface area contributed by atoms with Crippen LogP contribution in [-0.2, 0) is 19.1 Å². The maximum absolute atomic E-state index is 12.1. The van der Waals surface area contributed by atoms with E-state index in [-0.39, 0.29) is 12.8 Å². The Labute approximate surface area is 121 Å². The fraction of sp³-hybridized carbons (Fsp3) is 0.625. The first kappa shape index (κ1) is 18.2. The van der Waals surface area contributed by atoms with E-state index in [1.165, 1.54) is 14.2 Å². The van der Waals surface area contributed by atoms with Gasteiger partial charge in [0.1, 0.15) is 0 Å². The summed E-state index contributed by atoms with van der Waals surface area (Å²) in [5.74, 6) is 4.63. The minimum absolute atomic E-state index is 0.0862. The summed E-state index contributed by atoms with van der Waals surface area (Å²) in [6.07, 6.45) is 3.07. The van der Waals surface area contributed by atoms with Crippen molar-refractivity contribution in [2.75, 3.05) is 14.2 Å². The minimum Gasteiger partial charge on any atom is -0.468 e. The molecule has 20 heavy (non-hydrogen) atoms. The number of rotatable bonds is 7. The molecule has 0 aliphatic heterocycles. The van der Waals surface area contributed by atoms with Crippen LogP contribution in [0.15, 0.2) is 12.2 Å². The van der Waals surface area contributed by atoms with E-state index in [1.54, 1.807) is 6.92 Å². The Morgan fingerprint density at radius 2 is 1.70 bits per heavy atom. The van der Waals surface area contributed by atoms with E-state index in [4.69, 9.17) is 9.47 Å². The highest BCUT2D eigenvalue weighted by molar-refractivity contribution is 6.00. The van der Waals surface area contributed by atoms with E-state index in [2.05, 4.69) is 25.3 Å². The molecule has 0 saturated carbocycles. The monoisotopic (exact) mass is 280 g/mol. The molecule has 0 aromatic heterocycles. The zero-order valence-corrected chi connectivity index (χ0v) is 12.9. The van der Waals surface area contributed by atoms with Crippen molar-refractivity contribution in [1.82, 2.24) is 0 Å². The van der Waals surface area contributed by atoms with Gasteiger partial charge in [0.15, 0.2) is 5.41 Å². The molecule has 0 rings (SSSR count). The predicted molar refractivity (Wildman–Crippen MR) is 77.8 cm³/mol. The first-order valence-electron chi connectivity index (χ1n) is 6.71. The third kappa shape index (κ3) is 5.08. The van der Waals surface area contributed by atoms with Crippen LogP contribution in [0.2, 0.25) is 0 Å². The van der Waals surface area contributed by atoms with Crippen LogP contribution in [0.4, 0.5) is 0 Å². The third-order valence-corrected chi connectivity index (χ3v) is 2.93. The molecule has 0 aliphatic carbocycles. The summed E-state index contributed by atoms with van der Waals surface area (Å²) in [5, 5.41) is 0. The SMILES string of the molecule is C=C(C)CC(CC#CCCCC)(C(=O)OC)C(=O)OC. The van der Waals surface area contributed by atoms with Crippen LogP contribution in [0, 0.1) is 17.3 Å². The normalized spacial score (nSPS) is 10.2. The molecule has 0 spiro atoms. The molecule has 4 heteroatoms. The van der Waals surface area contributed by atoms with E-state index in [1.807, 2.05) is 0 Å². The number of ether oxygens (including phenoxy) is 2. The predicted octanol–water partition coefficient (Wildman–Crippen LogP) is 2.87. The van der Waals surface area contributed by atoms with Gasteiger partial charge in [0, 0.05) is 12.8 Å². The molecule has 0 bridgehead atoms. The van der Waals surface area contributed by atoms with Crippen molar-refractivity contribution >= 4 is 11.9 Å². The summed E-state index contributed by atoms with van der Waals surface area (Å²) >= 11 is 0. The maximum atomic E-state index is 12.1. The van der Waals surface area contributed by atoms with Crippen molar-refractivity contribution < 1.29 is 19.1 Å². The summed E-state index contributed by atoms with van der Waals surface area (Å²) in [6, 6.07) is 0. The lowest BCUT2D eigenvalue weighted by molar-refractivity contribution is -0.168. The van der Waals surface area contributed by atoms with Crippen molar-refractivity contribution in [2.45, 2.75) is 46.0 Å². The molecular weight excluding hydrogens is 256 g/mol. The van der Waals surface area contributed by atoms with Gasteiger partial charge in [-0.1, -0.05) is 18.9 Å². The average Bonchev–Trinajstić information content (AvgIpc) is 2.43. The van der Waals surface area contributed by atoms with Gasteiger partial charge in [0.2, 0.25) is 0 Å². The second-order valence-corrected chi connectivity index (χ2v) is 4.83. The highest BCUT2D eigenvalue weighted by atomic mass is 16.5. The summed E-state index contributed by atoms with van der Waals surface area (Å²) < 4.78 is 9.54. The number of carbonyl (C=O) groups excluding carboxylic acids is 2.